The van der Waals surface area contributed by atoms with Crippen molar-refractivity contribution in [3.8, 4) is 0 Å². The summed E-state index contributed by atoms with van der Waals surface area (Å²) in [4.78, 5) is 11.1. The van der Waals surface area contributed by atoms with E-state index in [1.54, 1.807) is 12.1 Å². The van der Waals surface area contributed by atoms with E-state index in [1.807, 2.05) is 65.3 Å². The van der Waals surface area contributed by atoms with E-state index in [-0.39, 0.29) is 0 Å². The predicted molar refractivity (Wildman–Crippen MR) is 127 cm³/mol. The lowest BCUT2D eigenvalue weighted by Crippen LogP contribution is -2.38. The van der Waals surface area contributed by atoms with Crippen LogP contribution in [0.5, 0.6) is 0 Å². The van der Waals surface area contributed by atoms with Gasteiger partial charge in [0.2, 0.25) is 0 Å². The zero-order chi connectivity index (χ0) is 21.3. The van der Waals surface area contributed by atoms with E-state index < -0.39 is 5.54 Å². The van der Waals surface area contributed by atoms with Gasteiger partial charge in [-0.05, 0) is 56.0 Å². The van der Waals surface area contributed by atoms with Crippen molar-refractivity contribution in [3.63, 3.8) is 0 Å². The molecule has 1 heterocycles. The van der Waals surface area contributed by atoms with Gasteiger partial charge in [0.25, 0.3) is 0 Å². The molecule has 0 saturated carbocycles. The Balaban J connectivity index is 1.97. The number of halogens is 1. The van der Waals surface area contributed by atoms with Crippen LogP contribution in [0.25, 0.3) is 10.9 Å². The molecule has 0 aliphatic heterocycles. The number of hydrogen-bond donors (Lipinski definition) is 0. The SMILES string of the molecule is O=Nc1ccc2c(c1)c(Br)nn2C(c1ccccc1)(c1ccccc1)c1ccccc1. The molecule has 5 aromatic rings. The van der Waals surface area contributed by atoms with Crippen molar-refractivity contribution < 1.29 is 0 Å². The quantitative estimate of drug-likeness (QED) is 0.205. The van der Waals surface area contributed by atoms with Gasteiger partial charge in [-0.3, -0.25) is 0 Å². The fourth-order valence-electron chi connectivity index (χ4n) is 4.29. The van der Waals surface area contributed by atoms with Crippen LogP contribution in [0.15, 0.2) is 119 Å². The van der Waals surface area contributed by atoms with Gasteiger partial charge in [0.15, 0.2) is 0 Å². The molecule has 0 radical (unpaired) electrons. The molecule has 0 N–H and O–H groups in total. The van der Waals surface area contributed by atoms with Gasteiger partial charge in [0, 0.05) is 5.39 Å². The lowest BCUT2D eigenvalue weighted by atomic mass is 9.77. The maximum atomic E-state index is 11.1. The number of nitroso groups, excluding NO2 is 1. The zero-order valence-electron chi connectivity index (χ0n) is 16.5. The fourth-order valence-corrected chi connectivity index (χ4v) is 4.76. The van der Waals surface area contributed by atoms with Crippen molar-refractivity contribution >= 4 is 32.5 Å². The number of rotatable bonds is 5. The lowest BCUT2D eigenvalue weighted by Gasteiger charge is -2.37. The number of fused-ring (bicyclic) bond motifs is 1. The van der Waals surface area contributed by atoms with E-state index in [4.69, 9.17) is 5.10 Å². The Morgan fingerprint density at radius 1 is 0.710 bits per heavy atom. The first-order valence-corrected chi connectivity index (χ1v) is 10.7. The highest BCUT2D eigenvalue weighted by atomic mass is 79.9. The molecule has 0 aliphatic carbocycles. The second kappa shape index (κ2) is 7.93. The molecule has 31 heavy (non-hydrogen) atoms. The van der Waals surface area contributed by atoms with Crippen LogP contribution in [0.1, 0.15) is 16.7 Å². The summed E-state index contributed by atoms with van der Waals surface area (Å²) in [5, 5.41) is 8.89. The molecular weight excluding hydrogens is 450 g/mol. The van der Waals surface area contributed by atoms with Crippen LogP contribution in [-0.2, 0) is 5.54 Å². The van der Waals surface area contributed by atoms with Crippen LogP contribution in [0.3, 0.4) is 0 Å². The Morgan fingerprint density at radius 3 is 1.65 bits per heavy atom. The summed E-state index contributed by atoms with van der Waals surface area (Å²) < 4.78 is 2.71. The molecule has 4 nitrogen and oxygen atoms in total. The predicted octanol–water partition coefficient (Wildman–Crippen LogP) is 7.04. The third kappa shape index (κ3) is 3.09. The Morgan fingerprint density at radius 2 is 1.19 bits per heavy atom. The molecule has 4 aromatic carbocycles. The first-order chi connectivity index (χ1) is 15.2. The summed E-state index contributed by atoms with van der Waals surface area (Å²) in [7, 11) is 0. The minimum atomic E-state index is -0.718. The minimum absolute atomic E-state index is 0.373. The number of benzene rings is 4. The van der Waals surface area contributed by atoms with Crippen LogP contribution in [0.2, 0.25) is 0 Å². The summed E-state index contributed by atoms with van der Waals surface area (Å²) in [6.07, 6.45) is 0. The van der Waals surface area contributed by atoms with E-state index in [2.05, 4.69) is 57.5 Å². The Bertz CT molecular complexity index is 1250. The average Bonchev–Trinajstić information content (AvgIpc) is 3.17. The fraction of sp³-hybridized carbons (Fsp3) is 0.0385. The molecule has 0 aliphatic rings. The average molecular weight is 468 g/mol. The molecule has 0 saturated heterocycles. The molecule has 0 fully saturated rings. The zero-order valence-corrected chi connectivity index (χ0v) is 18.1. The molecule has 0 bridgehead atoms. The van der Waals surface area contributed by atoms with Gasteiger partial charge in [-0.1, -0.05) is 91.0 Å². The summed E-state index contributed by atoms with van der Waals surface area (Å²) in [6.45, 7) is 0. The maximum Gasteiger partial charge on any atom is 0.138 e. The second-order valence-electron chi connectivity index (χ2n) is 7.30. The first-order valence-electron chi connectivity index (χ1n) is 9.94. The molecule has 0 spiro atoms. The first kappa shape index (κ1) is 19.4. The van der Waals surface area contributed by atoms with E-state index in [0.717, 1.165) is 27.6 Å². The van der Waals surface area contributed by atoms with Crippen molar-refractivity contribution in [1.82, 2.24) is 9.78 Å². The van der Waals surface area contributed by atoms with Crippen molar-refractivity contribution in [3.05, 3.63) is 135 Å². The van der Waals surface area contributed by atoms with E-state index in [9.17, 15) is 4.91 Å². The van der Waals surface area contributed by atoms with Crippen LogP contribution in [0.4, 0.5) is 5.69 Å². The standard InChI is InChI=1S/C26H18BrN3O/c27-25-23-18-22(29-31)16-17-24(23)30(28-25)26(19-10-4-1-5-11-19,20-12-6-2-7-13-20)21-14-8-3-9-15-21/h1-18H. The van der Waals surface area contributed by atoms with Crippen molar-refractivity contribution in [2.24, 2.45) is 5.18 Å². The lowest BCUT2D eigenvalue weighted by molar-refractivity contribution is 0.473. The van der Waals surface area contributed by atoms with Crippen LogP contribution in [-0.4, -0.2) is 9.78 Å². The highest BCUT2D eigenvalue weighted by molar-refractivity contribution is 9.10. The van der Waals surface area contributed by atoms with Gasteiger partial charge in [-0.25, -0.2) is 4.68 Å². The Hall–Kier alpha value is -3.57. The maximum absolute atomic E-state index is 11.1. The second-order valence-corrected chi connectivity index (χ2v) is 8.05. The van der Waals surface area contributed by atoms with Crippen LogP contribution >= 0.6 is 15.9 Å². The largest absolute Gasteiger partial charge is 0.244 e. The normalized spacial score (nSPS) is 11.5. The topological polar surface area (TPSA) is 47.2 Å². The molecule has 0 unspecified atom stereocenters. The monoisotopic (exact) mass is 467 g/mol. The molecule has 5 rings (SSSR count). The van der Waals surface area contributed by atoms with Gasteiger partial charge < -0.3 is 0 Å². The van der Waals surface area contributed by atoms with Crippen molar-refractivity contribution in [2.75, 3.05) is 0 Å². The van der Waals surface area contributed by atoms with Gasteiger partial charge in [-0.15, -0.1) is 4.91 Å². The van der Waals surface area contributed by atoms with Crippen LogP contribution in [0, 0.1) is 4.91 Å². The van der Waals surface area contributed by atoms with E-state index in [0.29, 0.717) is 10.3 Å². The number of hydrogen-bond acceptors (Lipinski definition) is 3. The van der Waals surface area contributed by atoms with Crippen molar-refractivity contribution in [2.45, 2.75) is 5.54 Å². The Kier molecular flexibility index (Phi) is 4.96. The minimum Gasteiger partial charge on any atom is -0.244 e. The molecule has 1 aromatic heterocycles. The summed E-state index contributed by atoms with van der Waals surface area (Å²) in [5.74, 6) is 0. The summed E-state index contributed by atoms with van der Waals surface area (Å²) in [6, 6.07) is 36.5. The molecule has 150 valence electrons. The highest BCUT2D eigenvalue weighted by Crippen LogP contribution is 2.43. The van der Waals surface area contributed by atoms with Crippen LogP contribution < -0.4 is 0 Å². The van der Waals surface area contributed by atoms with E-state index >= 15 is 0 Å². The Labute approximate surface area is 188 Å². The molecule has 0 atom stereocenters. The number of nitrogens with zero attached hydrogens (tertiary/aromatic N) is 3. The van der Waals surface area contributed by atoms with Gasteiger partial charge >= 0.3 is 0 Å². The summed E-state index contributed by atoms with van der Waals surface area (Å²) >= 11 is 3.62. The van der Waals surface area contributed by atoms with Gasteiger partial charge in [0.1, 0.15) is 15.8 Å². The third-order valence-corrected chi connectivity index (χ3v) is 6.20. The third-order valence-electron chi connectivity index (χ3n) is 5.62. The highest BCUT2D eigenvalue weighted by Gasteiger charge is 2.40. The summed E-state index contributed by atoms with van der Waals surface area (Å²) in [5.41, 5.74) is 3.81. The molecule has 0 amide bonds. The van der Waals surface area contributed by atoms with Crippen molar-refractivity contribution in [1.29, 1.82) is 0 Å². The van der Waals surface area contributed by atoms with Gasteiger partial charge in [0.05, 0.1) is 5.52 Å². The van der Waals surface area contributed by atoms with E-state index in [1.165, 1.54) is 0 Å². The van der Waals surface area contributed by atoms with Gasteiger partial charge in [-0.2, -0.15) is 5.10 Å². The molecular formula is C26H18BrN3O. The smallest absolute Gasteiger partial charge is 0.138 e. The molecule has 5 heteroatoms. The number of aromatic nitrogens is 2.